The van der Waals surface area contributed by atoms with E-state index in [0.717, 1.165) is 44.9 Å². The fourth-order valence-electron chi connectivity index (χ4n) is 3.40. The van der Waals surface area contributed by atoms with Crippen molar-refractivity contribution < 1.29 is 34.7 Å². The molecule has 0 aliphatic carbocycles. The van der Waals surface area contributed by atoms with Crippen molar-refractivity contribution in [1.29, 1.82) is 0 Å². The normalized spacial score (nSPS) is 26.7. The quantitative estimate of drug-likeness (QED) is 0.165. The average molecular weight is 443 g/mol. The summed E-state index contributed by atoms with van der Waals surface area (Å²) >= 11 is 0. The van der Waals surface area contributed by atoms with Gasteiger partial charge in [0.25, 0.3) is 0 Å². The second-order valence-corrected chi connectivity index (χ2v) is 8.20. The van der Waals surface area contributed by atoms with Crippen molar-refractivity contribution >= 4 is 5.97 Å². The summed E-state index contributed by atoms with van der Waals surface area (Å²) in [5.41, 5.74) is 0. The maximum Gasteiger partial charge on any atom is 0.305 e. The molecule has 4 N–H and O–H groups in total. The van der Waals surface area contributed by atoms with E-state index in [1.807, 2.05) is 0 Å². The predicted octanol–water partition coefficient (Wildman–Crippen LogP) is 3.14. The predicted molar refractivity (Wildman–Crippen MR) is 119 cm³/mol. The molecule has 0 spiro atoms. The van der Waals surface area contributed by atoms with E-state index in [4.69, 9.17) is 9.47 Å². The van der Waals surface area contributed by atoms with Gasteiger partial charge in [0.1, 0.15) is 31.0 Å². The molecule has 1 heterocycles. The smallest absolute Gasteiger partial charge is 0.305 e. The number of hydrogen-bond donors (Lipinski definition) is 4. The summed E-state index contributed by atoms with van der Waals surface area (Å²) in [7, 11) is 0. The van der Waals surface area contributed by atoms with Crippen LogP contribution >= 0.6 is 0 Å². The molecule has 0 aromatic heterocycles. The van der Waals surface area contributed by atoms with Crippen LogP contribution in [0, 0.1) is 0 Å². The van der Waals surface area contributed by atoms with Crippen LogP contribution in [0.2, 0.25) is 0 Å². The highest BCUT2D eigenvalue weighted by Gasteiger charge is 2.43. The highest BCUT2D eigenvalue weighted by molar-refractivity contribution is 5.69. The lowest BCUT2D eigenvalue weighted by molar-refractivity contribution is -0.287. The number of aliphatic hydroxyl groups excluding tert-OH is 4. The molecule has 31 heavy (non-hydrogen) atoms. The zero-order valence-corrected chi connectivity index (χ0v) is 18.9. The van der Waals surface area contributed by atoms with Gasteiger partial charge in [-0.15, -0.1) is 0 Å². The van der Waals surface area contributed by atoms with Crippen molar-refractivity contribution in [1.82, 2.24) is 0 Å². The van der Waals surface area contributed by atoms with Gasteiger partial charge in [-0.2, -0.15) is 0 Å². The van der Waals surface area contributed by atoms with Crippen molar-refractivity contribution in [3.05, 3.63) is 24.3 Å². The minimum absolute atomic E-state index is 0.277. The Hall–Kier alpha value is -1.25. The topological polar surface area (TPSA) is 116 Å². The monoisotopic (exact) mass is 442 g/mol. The molecule has 0 aromatic carbocycles. The zero-order valence-electron chi connectivity index (χ0n) is 18.9. The number of carbonyl (C=O) groups excluding carboxylic acids is 1. The van der Waals surface area contributed by atoms with Gasteiger partial charge in [0.05, 0.1) is 0 Å². The van der Waals surface area contributed by atoms with E-state index in [0.29, 0.717) is 0 Å². The number of rotatable bonds is 16. The van der Waals surface area contributed by atoms with Crippen molar-refractivity contribution in [2.45, 2.75) is 115 Å². The summed E-state index contributed by atoms with van der Waals surface area (Å²) < 4.78 is 10.0. The summed E-state index contributed by atoms with van der Waals surface area (Å²) in [4.78, 5) is 11.8. The van der Waals surface area contributed by atoms with Crippen LogP contribution in [-0.4, -0.2) is 63.7 Å². The fraction of sp³-hybridized carbons (Fsp3) is 0.792. The Kier molecular flexibility index (Phi) is 15.5. The number of allylic oxidation sites excluding steroid dienone is 4. The molecule has 0 bridgehead atoms. The van der Waals surface area contributed by atoms with E-state index in [1.165, 1.54) is 25.7 Å². The summed E-state index contributed by atoms with van der Waals surface area (Å²) in [5, 5.41) is 38.3. The van der Waals surface area contributed by atoms with E-state index in [2.05, 4.69) is 31.2 Å². The Morgan fingerprint density at radius 1 is 0.806 bits per heavy atom. The van der Waals surface area contributed by atoms with Gasteiger partial charge in [0, 0.05) is 6.42 Å². The number of carbonyl (C=O) groups is 1. The van der Waals surface area contributed by atoms with Gasteiger partial charge in [0.2, 0.25) is 0 Å². The van der Waals surface area contributed by atoms with E-state index >= 15 is 0 Å². The maximum atomic E-state index is 11.8. The maximum absolute atomic E-state index is 11.8. The van der Waals surface area contributed by atoms with Crippen LogP contribution in [0.25, 0.3) is 0 Å². The van der Waals surface area contributed by atoms with E-state index < -0.39 is 36.7 Å². The number of ether oxygens (including phenoxy) is 2. The first kappa shape index (κ1) is 27.8. The molecular weight excluding hydrogens is 400 g/mol. The lowest BCUT2D eigenvalue weighted by Gasteiger charge is -2.37. The average Bonchev–Trinajstić information content (AvgIpc) is 2.76. The Morgan fingerprint density at radius 2 is 1.42 bits per heavy atom. The van der Waals surface area contributed by atoms with Gasteiger partial charge in [-0.05, 0) is 38.5 Å². The minimum atomic E-state index is -1.62. The van der Waals surface area contributed by atoms with Gasteiger partial charge in [-0.25, -0.2) is 0 Å². The van der Waals surface area contributed by atoms with Crippen molar-refractivity contribution in [2.75, 3.05) is 6.61 Å². The van der Waals surface area contributed by atoms with Crippen LogP contribution in [0.1, 0.15) is 84.0 Å². The second-order valence-electron chi connectivity index (χ2n) is 8.20. The van der Waals surface area contributed by atoms with E-state index in [9.17, 15) is 25.2 Å². The molecule has 1 saturated heterocycles. The standard InChI is InChI=1S/C24H42O7/c1-2-3-4-5-6-7-8-9-10-11-12-13-14-15-16-17-20(25)30-18-19-21(26)22(27)23(28)24(29)31-19/h6-7,9-10,19,21-24,26-29H,2-5,8,11-18H2,1H3/b7-6-,10-9-/t19-,21-,22+,23-,24-/m1/s1. The number of esters is 1. The first-order valence-corrected chi connectivity index (χ1v) is 11.8. The third-order valence-electron chi connectivity index (χ3n) is 5.43. The number of aliphatic hydroxyl groups is 4. The summed E-state index contributed by atoms with van der Waals surface area (Å²) in [5.74, 6) is -0.406. The van der Waals surface area contributed by atoms with Crippen molar-refractivity contribution in [2.24, 2.45) is 0 Å². The van der Waals surface area contributed by atoms with Crippen LogP contribution in [-0.2, 0) is 14.3 Å². The van der Waals surface area contributed by atoms with Gasteiger partial charge in [0.15, 0.2) is 6.29 Å². The summed E-state index contributed by atoms with van der Waals surface area (Å²) in [6.07, 6.45) is 14.2. The largest absolute Gasteiger partial charge is 0.463 e. The molecule has 0 aromatic rings. The molecule has 1 rings (SSSR count). The number of unbranched alkanes of at least 4 members (excludes halogenated alkanes) is 8. The lowest BCUT2D eigenvalue weighted by Crippen LogP contribution is -2.58. The molecule has 0 amide bonds. The molecule has 180 valence electrons. The van der Waals surface area contributed by atoms with Crippen molar-refractivity contribution in [3.63, 3.8) is 0 Å². The molecule has 1 fully saturated rings. The van der Waals surface area contributed by atoms with Crippen molar-refractivity contribution in [3.8, 4) is 0 Å². The molecule has 1 aliphatic rings. The first-order valence-electron chi connectivity index (χ1n) is 11.8. The lowest BCUT2D eigenvalue weighted by atomic mass is 9.99. The Balaban J connectivity index is 1.96. The minimum Gasteiger partial charge on any atom is -0.463 e. The fourth-order valence-corrected chi connectivity index (χ4v) is 3.40. The molecular formula is C24H42O7. The van der Waals surface area contributed by atoms with Crippen LogP contribution < -0.4 is 0 Å². The number of hydrogen-bond acceptors (Lipinski definition) is 7. The molecule has 0 unspecified atom stereocenters. The third-order valence-corrected chi connectivity index (χ3v) is 5.43. The van der Waals surface area contributed by atoms with E-state index in [1.54, 1.807) is 0 Å². The Labute approximate surface area is 186 Å². The van der Waals surface area contributed by atoms with Gasteiger partial charge in [-0.1, -0.05) is 63.3 Å². The second kappa shape index (κ2) is 17.3. The van der Waals surface area contributed by atoms with Gasteiger partial charge in [-0.3, -0.25) is 4.79 Å². The third kappa shape index (κ3) is 12.4. The van der Waals surface area contributed by atoms with Gasteiger partial charge < -0.3 is 29.9 Å². The van der Waals surface area contributed by atoms with Crippen LogP contribution in [0.15, 0.2) is 24.3 Å². The van der Waals surface area contributed by atoms with Crippen LogP contribution in [0.5, 0.6) is 0 Å². The molecule has 5 atom stereocenters. The summed E-state index contributed by atoms with van der Waals surface area (Å²) in [6, 6.07) is 0. The highest BCUT2D eigenvalue weighted by Crippen LogP contribution is 2.20. The van der Waals surface area contributed by atoms with Crippen LogP contribution in [0.4, 0.5) is 0 Å². The van der Waals surface area contributed by atoms with Gasteiger partial charge >= 0.3 is 5.97 Å². The molecule has 7 heteroatoms. The Morgan fingerprint density at radius 3 is 2.10 bits per heavy atom. The molecule has 7 nitrogen and oxygen atoms in total. The molecule has 0 radical (unpaired) electrons. The SMILES string of the molecule is CCCCC/C=C\C/C=C\CCCCCCCC(=O)OC[C@H]1O[C@@H](O)[C@H](O)[C@@H](O)[C@@H]1O. The molecule has 1 aliphatic heterocycles. The van der Waals surface area contributed by atoms with Crippen LogP contribution in [0.3, 0.4) is 0 Å². The molecule has 0 saturated carbocycles. The zero-order chi connectivity index (χ0) is 22.9. The highest BCUT2D eigenvalue weighted by atomic mass is 16.6. The first-order chi connectivity index (χ1) is 15.0. The Bertz CT molecular complexity index is 520. The van der Waals surface area contributed by atoms with E-state index in [-0.39, 0.29) is 13.0 Å². The summed E-state index contributed by atoms with van der Waals surface area (Å²) in [6.45, 7) is 1.94.